The van der Waals surface area contributed by atoms with Gasteiger partial charge in [-0.15, -0.1) is 0 Å². The Labute approximate surface area is 52.6 Å². The molecule has 0 rings (SSSR count). The Morgan fingerprint density at radius 2 is 2.38 bits per heavy atom. The van der Waals surface area contributed by atoms with Crippen molar-refractivity contribution in [3.8, 4) is 0 Å². The van der Waals surface area contributed by atoms with Crippen LogP contribution < -0.4 is 0 Å². The van der Waals surface area contributed by atoms with Crippen LogP contribution in [0.3, 0.4) is 0 Å². The fourth-order valence-electron chi connectivity index (χ4n) is 0.493. The Morgan fingerprint density at radius 3 is 2.88 bits per heavy atom. The van der Waals surface area contributed by atoms with Crippen molar-refractivity contribution < 1.29 is 0 Å². The first-order valence-corrected chi connectivity index (χ1v) is 3.26. The molecule has 0 bridgehead atoms. The quantitative estimate of drug-likeness (QED) is 0.488. The highest BCUT2D eigenvalue weighted by atomic mass is 13.8. The van der Waals surface area contributed by atoms with Crippen LogP contribution in [-0.2, 0) is 0 Å². The first kappa shape index (κ1) is 7.74. The number of allylic oxidation sites excluding steroid dienone is 2. The van der Waals surface area contributed by atoms with Gasteiger partial charge in [-0.3, -0.25) is 0 Å². The van der Waals surface area contributed by atoms with Gasteiger partial charge in [0.05, 0.1) is 0 Å². The molecular weight excluding hydrogens is 96.1 g/mol. The lowest BCUT2D eigenvalue weighted by Gasteiger charge is -1.84. The number of rotatable bonds is 4. The molecule has 0 saturated carbocycles. The summed E-state index contributed by atoms with van der Waals surface area (Å²) >= 11 is 0. The highest BCUT2D eigenvalue weighted by Crippen LogP contribution is 1.94. The van der Waals surface area contributed by atoms with Crippen molar-refractivity contribution in [2.75, 3.05) is 0 Å². The normalized spacial score (nSPS) is 10.8. The van der Waals surface area contributed by atoms with Crippen LogP contribution in [0.1, 0.15) is 32.6 Å². The predicted octanol–water partition coefficient (Wildman–Crippen LogP) is 2.76. The summed E-state index contributed by atoms with van der Waals surface area (Å²) in [5, 5.41) is 0. The molecule has 0 heterocycles. The fourth-order valence-corrected chi connectivity index (χ4v) is 0.493. The molecule has 0 aliphatic rings. The second kappa shape index (κ2) is 6.74. The van der Waals surface area contributed by atoms with Crippen LogP contribution >= 0.6 is 0 Å². The van der Waals surface area contributed by atoms with Crippen molar-refractivity contribution >= 4 is 0 Å². The van der Waals surface area contributed by atoms with Crippen LogP contribution in [0.5, 0.6) is 0 Å². The van der Waals surface area contributed by atoms with Crippen LogP contribution in [0, 0.1) is 13.0 Å². The van der Waals surface area contributed by atoms with Gasteiger partial charge in [0.1, 0.15) is 0 Å². The third-order valence-electron chi connectivity index (χ3n) is 0.947. The van der Waals surface area contributed by atoms with Crippen molar-refractivity contribution in [2.45, 2.75) is 32.6 Å². The van der Waals surface area contributed by atoms with Gasteiger partial charge in [0, 0.05) is 0 Å². The zero-order valence-electron chi connectivity index (χ0n) is 5.61. The minimum absolute atomic E-state index is 1.04. The molecule has 0 nitrogen and oxygen atoms in total. The molecule has 0 amide bonds. The van der Waals surface area contributed by atoms with Crippen molar-refractivity contribution in [1.29, 1.82) is 0 Å². The van der Waals surface area contributed by atoms with E-state index in [0.717, 1.165) is 19.3 Å². The summed E-state index contributed by atoms with van der Waals surface area (Å²) < 4.78 is 0. The minimum Gasteiger partial charge on any atom is -0.0811 e. The SMILES string of the molecule is [CH2]CCC/C=[C]/CC. The average Bonchev–Trinajstić information content (AvgIpc) is 1.81. The van der Waals surface area contributed by atoms with Crippen LogP contribution in [0.2, 0.25) is 0 Å². The fraction of sp³-hybridized carbons (Fsp3) is 0.625. The van der Waals surface area contributed by atoms with Gasteiger partial charge in [0.2, 0.25) is 0 Å². The third-order valence-corrected chi connectivity index (χ3v) is 0.947. The molecule has 46 valence electrons. The maximum absolute atomic E-state index is 3.74. The molecule has 0 atom stereocenters. The van der Waals surface area contributed by atoms with Crippen molar-refractivity contribution in [3.05, 3.63) is 19.1 Å². The van der Waals surface area contributed by atoms with Gasteiger partial charge in [-0.1, -0.05) is 26.3 Å². The van der Waals surface area contributed by atoms with Gasteiger partial charge in [0.15, 0.2) is 0 Å². The van der Waals surface area contributed by atoms with E-state index in [4.69, 9.17) is 0 Å². The molecule has 0 heteroatoms. The Morgan fingerprint density at radius 1 is 1.62 bits per heavy atom. The van der Waals surface area contributed by atoms with Crippen LogP contribution in [0.15, 0.2) is 6.08 Å². The minimum atomic E-state index is 1.04. The number of hydrogen-bond acceptors (Lipinski definition) is 0. The van der Waals surface area contributed by atoms with Gasteiger partial charge in [-0.25, -0.2) is 0 Å². The highest BCUT2D eigenvalue weighted by Gasteiger charge is 1.75. The molecule has 0 aromatic heterocycles. The van der Waals surface area contributed by atoms with E-state index in [1.807, 2.05) is 0 Å². The third kappa shape index (κ3) is 5.74. The van der Waals surface area contributed by atoms with E-state index in [9.17, 15) is 0 Å². The lowest BCUT2D eigenvalue weighted by molar-refractivity contribution is 0.860. The number of unbranched alkanes of at least 4 members (excludes halogenated alkanes) is 2. The lowest BCUT2D eigenvalue weighted by atomic mass is 10.2. The summed E-state index contributed by atoms with van der Waals surface area (Å²) in [6.45, 7) is 5.83. The van der Waals surface area contributed by atoms with E-state index in [0.29, 0.717) is 0 Å². The Hall–Kier alpha value is -0.260. The maximum Gasteiger partial charge on any atom is -0.0308 e. The summed E-state index contributed by atoms with van der Waals surface area (Å²) in [5.74, 6) is 0. The lowest BCUT2D eigenvalue weighted by Crippen LogP contribution is -1.66. The van der Waals surface area contributed by atoms with Crippen LogP contribution in [-0.4, -0.2) is 0 Å². The van der Waals surface area contributed by atoms with Crippen molar-refractivity contribution in [2.24, 2.45) is 0 Å². The van der Waals surface area contributed by atoms with Gasteiger partial charge in [-0.2, -0.15) is 0 Å². The van der Waals surface area contributed by atoms with Gasteiger partial charge < -0.3 is 0 Å². The molecule has 2 radical (unpaired) electrons. The average molecular weight is 110 g/mol. The van der Waals surface area contributed by atoms with E-state index in [-0.39, 0.29) is 0 Å². The molecule has 0 unspecified atom stereocenters. The van der Waals surface area contributed by atoms with Gasteiger partial charge >= 0.3 is 0 Å². The molecule has 0 aromatic rings. The summed E-state index contributed by atoms with van der Waals surface area (Å²) in [7, 11) is 0. The van der Waals surface area contributed by atoms with E-state index < -0.39 is 0 Å². The number of hydrogen-bond donors (Lipinski definition) is 0. The van der Waals surface area contributed by atoms with Crippen LogP contribution in [0.4, 0.5) is 0 Å². The second-order valence-electron chi connectivity index (χ2n) is 1.76. The first-order valence-electron chi connectivity index (χ1n) is 3.26. The largest absolute Gasteiger partial charge is 0.0811 e. The van der Waals surface area contributed by atoms with Crippen LogP contribution in [0.25, 0.3) is 0 Å². The predicted molar refractivity (Wildman–Crippen MR) is 37.3 cm³/mol. The van der Waals surface area contributed by atoms with E-state index in [1.165, 1.54) is 6.42 Å². The van der Waals surface area contributed by atoms with E-state index in [2.05, 4.69) is 26.0 Å². The second-order valence-corrected chi connectivity index (χ2v) is 1.76. The van der Waals surface area contributed by atoms with Crippen molar-refractivity contribution in [1.82, 2.24) is 0 Å². The monoisotopic (exact) mass is 110 g/mol. The topological polar surface area (TPSA) is 0 Å². The molecule has 0 aromatic carbocycles. The summed E-state index contributed by atoms with van der Waals surface area (Å²) in [4.78, 5) is 0. The highest BCUT2D eigenvalue weighted by molar-refractivity contribution is 4.71. The molecule has 0 aliphatic carbocycles. The molecule has 0 saturated heterocycles. The summed E-state index contributed by atoms with van der Waals surface area (Å²) in [6.07, 6.45) is 9.67. The Kier molecular flexibility index (Phi) is 6.52. The van der Waals surface area contributed by atoms with Crippen molar-refractivity contribution in [3.63, 3.8) is 0 Å². The molecular formula is C8H14. The zero-order chi connectivity index (χ0) is 6.24. The first-order chi connectivity index (χ1) is 3.91. The van der Waals surface area contributed by atoms with Gasteiger partial charge in [-0.05, 0) is 25.3 Å². The van der Waals surface area contributed by atoms with E-state index in [1.54, 1.807) is 0 Å². The van der Waals surface area contributed by atoms with Gasteiger partial charge in [0.25, 0.3) is 0 Å². The Balaban J connectivity index is 2.80. The smallest absolute Gasteiger partial charge is 0.0308 e. The molecule has 8 heavy (non-hydrogen) atoms. The summed E-state index contributed by atoms with van der Waals surface area (Å²) in [5.41, 5.74) is 0. The summed E-state index contributed by atoms with van der Waals surface area (Å²) in [6, 6.07) is 0. The molecule has 0 aliphatic heterocycles. The standard InChI is InChI=1S/C8H14/c1-3-5-7-8-6-4-2/h8H,1,3-5,7H2,2H3. The molecule has 0 N–H and O–H groups in total. The Bertz CT molecular complexity index is 53.1. The molecule has 0 fully saturated rings. The zero-order valence-corrected chi connectivity index (χ0v) is 5.61. The maximum atomic E-state index is 3.74. The van der Waals surface area contributed by atoms with E-state index >= 15 is 0 Å². The molecule has 0 spiro atoms.